The van der Waals surface area contributed by atoms with E-state index in [1.807, 2.05) is 19.1 Å². The van der Waals surface area contributed by atoms with Gasteiger partial charge in [0, 0.05) is 18.0 Å². The number of benzene rings is 2. The molecule has 0 aliphatic heterocycles. The van der Waals surface area contributed by atoms with Crippen molar-refractivity contribution in [3.05, 3.63) is 58.7 Å². The standard InChI is InChI=1S/C16H18N2O3/c1-3-17-10-12(2)11-21-16-9-8-15(18(19)20)13-6-4-5-7-14(13)16/h4-9,17H,2-3,10-11H2,1H3. The number of nitro benzene ring substituents is 1. The number of likely N-dealkylation sites (N-methyl/N-ethyl adjacent to an activating group) is 1. The van der Waals surface area contributed by atoms with E-state index >= 15 is 0 Å². The lowest BCUT2D eigenvalue weighted by atomic mass is 10.1. The molecule has 0 spiro atoms. The zero-order valence-corrected chi connectivity index (χ0v) is 12.0. The monoisotopic (exact) mass is 286 g/mol. The van der Waals surface area contributed by atoms with Crippen LogP contribution in [0.25, 0.3) is 10.8 Å². The third-order valence-corrected chi connectivity index (χ3v) is 3.11. The zero-order chi connectivity index (χ0) is 15.2. The molecular formula is C16H18N2O3. The molecule has 2 rings (SSSR count). The molecule has 0 heterocycles. The van der Waals surface area contributed by atoms with Crippen molar-refractivity contribution in [1.29, 1.82) is 0 Å². The molecule has 1 N–H and O–H groups in total. The molecule has 0 fully saturated rings. The maximum absolute atomic E-state index is 11.1. The summed E-state index contributed by atoms with van der Waals surface area (Å²) in [4.78, 5) is 10.7. The number of fused-ring (bicyclic) bond motifs is 1. The molecule has 2 aromatic carbocycles. The van der Waals surface area contributed by atoms with E-state index in [0.29, 0.717) is 24.3 Å². The Balaban J connectivity index is 2.23. The Bertz CT molecular complexity index is 668. The molecule has 5 heteroatoms. The SMILES string of the molecule is C=C(CNCC)COc1ccc([N+](=O)[O-])c2ccccc12. The second-order valence-corrected chi connectivity index (χ2v) is 4.70. The van der Waals surface area contributed by atoms with Crippen molar-refractivity contribution in [2.24, 2.45) is 0 Å². The number of rotatable bonds is 7. The Morgan fingerprint density at radius 3 is 2.67 bits per heavy atom. The number of nitrogens with zero attached hydrogens (tertiary/aromatic N) is 1. The fourth-order valence-corrected chi connectivity index (χ4v) is 2.07. The van der Waals surface area contributed by atoms with Gasteiger partial charge in [0.2, 0.25) is 0 Å². The minimum Gasteiger partial charge on any atom is -0.489 e. The fraction of sp³-hybridized carbons (Fsp3) is 0.250. The van der Waals surface area contributed by atoms with Crippen molar-refractivity contribution in [2.45, 2.75) is 6.92 Å². The molecule has 0 aliphatic rings. The van der Waals surface area contributed by atoms with Crippen LogP contribution < -0.4 is 10.1 Å². The van der Waals surface area contributed by atoms with Crippen molar-refractivity contribution in [2.75, 3.05) is 19.7 Å². The average Bonchev–Trinajstić information content (AvgIpc) is 2.50. The summed E-state index contributed by atoms with van der Waals surface area (Å²) >= 11 is 0. The number of nitrogens with one attached hydrogen (secondary N) is 1. The van der Waals surface area contributed by atoms with Crippen molar-refractivity contribution < 1.29 is 9.66 Å². The van der Waals surface area contributed by atoms with Crippen LogP contribution >= 0.6 is 0 Å². The Morgan fingerprint density at radius 2 is 2.00 bits per heavy atom. The third-order valence-electron chi connectivity index (χ3n) is 3.11. The third kappa shape index (κ3) is 3.58. The van der Waals surface area contributed by atoms with Crippen LogP contribution in [0.4, 0.5) is 5.69 Å². The summed E-state index contributed by atoms with van der Waals surface area (Å²) in [5, 5.41) is 15.5. The summed E-state index contributed by atoms with van der Waals surface area (Å²) in [6.07, 6.45) is 0. The Labute approximate surface area is 123 Å². The highest BCUT2D eigenvalue weighted by molar-refractivity contribution is 5.95. The van der Waals surface area contributed by atoms with Crippen LogP contribution in [0.1, 0.15) is 6.92 Å². The highest BCUT2D eigenvalue weighted by Crippen LogP contribution is 2.32. The maximum Gasteiger partial charge on any atom is 0.277 e. The highest BCUT2D eigenvalue weighted by Gasteiger charge is 2.14. The summed E-state index contributed by atoms with van der Waals surface area (Å²) in [5.74, 6) is 0.633. The van der Waals surface area contributed by atoms with Gasteiger partial charge in [0.1, 0.15) is 12.4 Å². The van der Waals surface area contributed by atoms with E-state index in [1.54, 1.807) is 18.2 Å². The summed E-state index contributed by atoms with van der Waals surface area (Å²) < 4.78 is 5.75. The first-order valence-corrected chi connectivity index (χ1v) is 6.79. The maximum atomic E-state index is 11.1. The number of hydrogen-bond acceptors (Lipinski definition) is 4. The van der Waals surface area contributed by atoms with Gasteiger partial charge in [-0.2, -0.15) is 0 Å². The molecule has 0 unspecified atom stereocenters. The van der Waals surface area contributed by atoms with Crippen molar-refractivity contribution in [1.82, 2.24) is 5.32 Å². The minimum absolute atomic E-state index is 0.0874. The lowest BCUT2D eigenvalue weighted by Gasteiger charge is -2.11. The first-order valence-electron chi connectivity index (χ1n) is 6.79. The summed E-state index contributed by atoms with van der Waals surface area (Å²) in [7, 11) is 0. The fourth-order valence-electron chi connectivity index (χ4n) is 2.07. The van der Waals surface area contributed by atoms with Gasteiger partial charge in [-0.15, -0.1) is 0 Å². The van der Waals surface area contributed by atoms with Crippen LogP contribution in [-0.4, -0.2) is 24.6 Å². The quantitative estimate of drug-likeness (QED) is 0.482. The van der Waals surface area contributed by atoms with Crippen molar-refractivity contribution >= 4 is 16.5 Å². The molecule has 110 valence electrons. The van der Waals surface area contributed by atoms with Crippen LogP contribution in [0, 0.1) is 10.1 Å². The van der Waals surface area contributed by atoms with E-state index in [2.05, 4.69) is 11.9 Å². The van der Waals surface area contributed by atoms with Gasteiger partial charge in [0.05, 0.1) is 10.3 Å². The molecule has 0 saturated carbocycles. The normalized spacial score (nSPS) is 10.5. The molecule has 21 heavy (non-hydrogen) atoms. The largest absolute Gasteiger partial charge is 0.489 e. The van der Waals surface area contributed by atoms with E-state index < -0.39 is 0 Å². The van der Waals surface area contributed by atoms with E-state index in [-0.39, 0.29) is 10.6 Å². The van der Waals surface area contributed by atoms with Gasteiger partial charge in [0.15, 0.2) is 0 Å². The lowest BCUT2D eigenvalue weighted by molar-refractivity contribution is -0.383. The van der Waals surface area contributed by atoms with E-state index in [1.165, 1.54) is 6.07 Å². The summed E-state index contributed by atoms with van der Waals surface area (Å²) in [6.45, 7) is 7.92. The summed E-state index contributed by atoms with van der Waals surface area (Å²) in [5.41, 5.74) is 1.02. The second kappa shape index (κ2) is 6.85. The van der Waals surface area contributed by atoms with E-state index in [4.69, 9.17) is 4.74 Å². The molecule has 0 aliphatic carbocycles. The van der Waals surface area contributed by atoms with Gasteiger partial charge in [-0.1, -0.05) is 31.7 Å². The Kier molecular flexibility index (Phi) is 4.90. The smallest absolute Gasteiger partial charge is 0.277 e. The van der Waals surface area contributed by atoms with Gasteiger partial charge in [-0.05, 0) is 24.3 Å². The molecule has 2 aromatic rings. The van der Waals surface area contributed by atoms with E-state index in [0.717, 1.165) is 17.5 Å². The van der Waals surface area contributed by atoms with Crippen LogP contribution in [0.5, 0.6) is 5.75 Å². The van der Waals surface area contributed by atoms with Gasteiger partial charge in [0.25, 0.3) is 5.69 Å². The second-order valence-electron chi connectivity index (χ2n) is 4.70. The van der Waals surface area contributed by atoms with Crippen LogP contribution in [0.3, 0.4) is 0 Å². The van der Waals surface area contributed by atoms with Gasteiger partial charge in [-0.3, -0.25) is 10.1 Å². The predicted molar refractivity (Wildman–Crippen MR) is 83.8 cm³/mol. The van der Waals surface area contributed by atoms with Gasteiger partial charge < -0.3 is 10.1 Å². The molecule has 0 atom stereocenters. The van der Waals surface area contributed by atoms with Crippen molar-refractivity contribution in [3.63, 3.8) is 0 Å². The first-order chi connectivity index (χ1) is 10.1. The number of ether oxygens (including phenoxy) is 1. The van der Waals surface area contributed by atoms with Crippen LogP contribution in [0.2, 0.25) is 0 Å². The Morgan fingerprint density at radius 1 is 1.29 bits per heavy atom. The van der Waals surface area contributed by atoms with Crippen molar-refractivity contribution in [3.8, 4) is 5.75 Å². The molecule has 0 saturated heterocycles. The highest BCUT2D eigenvalue weighted by atomic mass is 16.6. The molecule has 5 nitrogen and oxygen atoms in total. The topological polar surface area (TPSA) is 64.4 Å². The molecular weight excluding hydrogens is 268 g/mol. The molecule has 0 aromatic heterocycles. The van der Waals surface area contributed by atoms with Crippen LogP contribution in [0.15, 0.2) is 48.6 Å². The number of non-ortho nitro benzene ring substituents is 1. The minimum atomic E-state index is -0.379. The lowest BCUT2D eigenvalue weighted by Crippen LogP contribution is -2.18. The zero-order valence-electron chi connectivity index (χ0n) is 12.0. The average molecular weight is 286 g/mol. The summed E-state index contributed by atoms with van der Waals surface area (Å²) in [6, 6.07) is 10.3. The first kappa shape index (κ1) is 15.0. The van der Waals surface area contributed by atoms with Gasteiger partial charge >= 0.3 is 0 Å². The van der Waals surface area contributed by atoms with E-state index in [9.17, 15) is 10.1 Å². The Hall–Kier alpha value is -2.40. The molecule has 0 amide bonds. The molecule has 0 bridgehead atoms. The number of hydrogen-bond donors (Lipinski definition) is 1. The predicted octanol–water partition coefficient (Wildman–Crippen LogP) is 3.29. The molecule has 0 radical (unpaired) electrons. The van der Waals surface area contributed by atoms with Crippen LogP contribution in [-0.2, 0) is 0 Å². The van der Waals surface area contributed by atoms with Gasteiger partial charge in [-0.25, -0.2) is 0 Å². The number of nitro groups is 1.